The fraction of sp³-hybridized carbons (Fsp3) is 0.174. The van der Waals surface area contributed by atoms with E-state index in [1.54, 1.807) is 12.1 Å². The summed E-state index contributed by atoms with van der Waals surface area (Å²) in [6.07, 6.45) is 1.03. The summed E-state index contributed by atoms with van der Waals surface area (Å²) in [7, 11) is 0. The molecule has 27 heavy (non-hydrogen) atoms. The summed E-state index contributed by atoms with van der Waals surface area (Å²) in [6, 6.07) is 21.5. The molecular formula is C23H20N4. The van der Waals surface area contributed by atoms with Gasteiger partial charge in [-0.2, -0.15) is 10.5 Å². The fourth-order valence-corrected chi connectivity index (χ4v) is 3.07. The third kappa shape index (κ3) is 3.97. The molecule has 0 aliphatic carbocycles. The molecule has 0 bridgehead atoms. The predicted molar refractivity (Wildman–Crippen MR) is 107 cm³/mol. The van der Waals surface area contributed by atoms with E-state index in [-0.39, 0.29) is 5.82 Å². The Kier molecular flexibility index (Phi) is 5.20. The number of nitrogens with two attached hydrogens (primary N) is 1. The molecule has 3 rings (SSSR count). The zero-order valence-electron chi connectivity index (χ0n) is 15.4. The van der Waals surface area contributed by atoms with Gasteiger partial charge in [-0.1, -0.05) is 50.2 Å². The first-order chi connectivity index (χ1) is 13.0. The molecular weight excluding hydrogens is 332 g/mol. The number of anilines is 1. The van der Waals surface area contributed by atoms with Gasteiger partial charge in [0.25, 0.3) is 0 Å². The van der Waals surface area contributed by atoms with Crippen LogP contribution < -0.4 is 5.73 Å². The summed E-state index contributed by atoms with van der Waals surface area (Å²) in [6.45, 7) is 4.39. The van der Waals surface area contributed by atoms with Crippen LogP contribution in [0.4, 0.5) is 5.82 Å². The molecule has 4 nitrogen and oxygen atoms in total. The second-order valence-electron chi connectivity index (χ2n) is 6.91. The summed E-state index contributed by atoms with van der Waals surface area (Å²) in [5.74, 6) is 0.808. The molecule has 2 aromatic carbocycles. The second-order valence-corrected chi connectivity index (χ2v) is 6.91. The first kappa shape index (κ1) is 18.2. The van der Waals surface area contributed by atoms with Gasteiger partial charge in [0.05, 0.1) is 17.3 Å². The maximum Gasteiger partial charge on any atom is 0.142 e. The minimum Gasteiger partial charge on any atom is -0.383 e. The third-order valence-corrected chi connectivity index (χ3v) is 4.38. The van der Waals surface area contributed by atoms with Crippen molar-refractivity contribution < 1.29 is 0 Å². The Labute approximate surface area is 159 Å². The van der Waals surface area contributed by atoms with Crippen molar-refractivity contribution in [1.82, 2.24) is 4.98 Å². The van der Waals surface area contributed by atoms with Gasteiger partial charge in [0, 0.05) is 11.1 Å². The van der Waals surface area contributed by atoms with Crippen molar-refractivity contribution in [2.75, 3.05) is 5.73 Å². The fourth-order valence-electron chi connectivity index (χ4n) is 3.07. The van der Waals surface area contributed by atoms with Gasteiger partial charge in [0.1, 0.15) is 17.5 Å². The van der Waals surface area contributed by atoms with Crippen LogP contribution in [0.1, 0.15) is 30.5 Å². The predicted octanol–water partition coefficient (Wildman–Crippen LogP) is 4.94. The van der Waals surface area contributed by atoms with E-state index in [2.05, 4.69) is 43.1 Å². The number of nitrogens with zero attached hydrogens (tertiary/aromatic N) is 3. The van der Waals surface area contributed by atoms with Crippen LogP contribution in [0.3, 0.4) is 0 Å². The first-order valence-electron chi connectivity index (χ1n) is 8.82. The Bertz CT molecular complexity index is 1030. The minimum atomic E-state index is 0.209. The normalized spacial score (nSPS) is 10.4. The van der Waals surface area contributed by atoms with Gasteiger partial charge in [-0.05, 0) is 41.7 Å². The molecule has 0 saturated heterocycles. The van der Waals surface area contributed by atoms with E-state index >= 15 is 0 Å². The number of hydrogen-bond acceptors (Lipinski definition) is 4. The van der Waals surface area contributed by atoms with Crippen LogP contribution in [-0.4, -0.2) is 4.98 Å². The van der Waals surface area contributed by atoms with Gasteiger partial charge in [-0.3, -0.25) is 0 Å². The van der Waals surface area contributed by atoms with Crippen molar-refractivity contribution in [2.24, 2.45) is 5.92 Å². The molecule has 2 N–H and O–H groups in total. The number of pyridine rings is 1. The van der Waals surface area contributed by atoms with Crippen LogP contribution in [0.5, 0.6) is 0 Å². The van der Waals surface area contributed by atoms with Crippen LogP contribution >= 0.6 is 0 Å². The van der Waals surface area contributed by atoms with Crippen LogP contribution in [0, 0.1) is 28.6 Å². The molecule has 4 heteroatoms. The molecule has 0 spiro atoms. The molecule has 0 unspecified atom stereocenters. The maximum absolute atomic E-state index is 9.52. The lowest BCUT2D eigenvalue weighted by atomic mass is 9.96. The summed E-state index contributed by atoms with van der Waals surface area (Å²) in [4.78, 5) is 4.43. The molecule has 0 aliphatic heterocycles. The van der Waals surface area contributed by atoms with Crippen molar-refractivity contribution in [1.29, 1.82) is 10.5 Å². The SMILES string of the molecule is CC(C)Cc1ccc(-c2cc(-c3ccc(C#N)cc3)c(C#N)c(N)n2)cc1. The van der Waals surface area contributed by atoms with E-state index in [1.807, 2.05) is 30.3 Å². The lowest BCUT2D eigenvalue weighted by molar-refractivity contribution is 0.647. The molecule has 0 atom stereocenters. The molecule has 1 heterocycles. The van der Waals surface area contributed by atoms with E-state index in [0.717, 1.165) is 28.8 Å². The zero-order valence-corrected chi connectivity index (χ0v) is 15.4. The highest BCUT2D eigenvalue weighted by molar-refractivity contribution is 5.80. The second kappa shape index (κ2) is 7.72. The van der Waals surface area contributed by atoms with Crippen molar-refractivity contribution in [2.45, 2.75) is 20.3 Å². The number of rotatable bonds is 4. The van der Waals surface area contributed by atoms with Crippen molar-refractivity contribution in [3.05, 3.63) is 71.3 Å². The van der Waals surface area contributed by atoms with Gasteiger partial charge in [-0.15, -0.1) is 0 Å². The number of aromatic nitrogens is 1. The highest BCUT2D eigenvalue weighted by Crippen LogP contribution is 2.31. The van der Waals surface area contributed by atoms with E-state index in [1.165, 1.54) is 5.56 Å². The molecule has 0 fully saturated rings. The quantitative estimate of drug-likeness (QED) is 0.720. The summed E-state index contributed by atoms with van der Waals surface area (Å²) in [5.41, 5.74) is 11.5. The number of nitrogen functional groups attached to an aromatic ring is 1. The number of nitriles is 2. The van der Waals surface area contributed by atoms with Crippen molar-refractivity contribution >= 4 is 5.82 Å². The first-order valence-corrected chi connectivity index (χ1v) is 8.82. The Morgan fingerprint density at radius 3 is 2.11 bits per heavy atom. The van der Waals surface area contributed by atoms with E-state index < -0.39 is 0 Å². The molecule has 132 valence electrons. The molecule has 3 aromatic rings. The Hall–Kier alpha value is -3.63. The molecule has 1 aromatic heterocycles. The average Bonchev–Trinajstić information content (AvgIpc) is 2.67. The standard InChI is InChI=1S/C23H20N4/c1-15(2)11-16-3-9-19(10-4-16)22-12-20(21(14-25)23(26)27-22)18-7-5-17(13-24)6-8-18/h3-10,12,15H,11H2,1-2H3,(H2,26,27). The van der Waals surface area contributed by atoms with E-state index in [9.17, 15) is 5.26 Å². The number of hydrogen-bond donors (Lipinski definition) is 1. The Balaban J connectivity index is 2.06. The van der Waals surface area contributed by atoms with Crippen LogP contribution in [0.25, 0.3) is 22.4 Å². The highest BCUT2D eigenvalue weighted by Gasteiger charge is 2.13. The largest absolute Gasteiger partial charge is 0.383 e. The maximum atomic E-state index is 9.52. The Morgan fingerprint density at radius 1 is 0.926 bits per heavy atom. The van der Waals surface area contributed by atoms with E-state index in [0.29, 0.717) is 17.0 Å². The molecule has 0 saturated carbocycles. The van der Waals surface area contributed by atoms with Crippen LogP contribution in [-0.2, 0) is 6.42 Å². The monoisotopic (exact) mass is 352 g/mol. The summed E-state index contributed by atoms with van der Waals surface area (Å²) < 4.78 is 0. The third-order valence-electron chi connectivity index (χ3n) is 4.38. The molecule has 0 aliphatic rings. The lowest BCUT2D eigenvalue weighted by Gasteiger charge is -2.11. The average molecular weight is 352 g/mol. The smallest absolute Gasteiger partial charge is 0.142 e. The van der Waals surface area contributed by atoms with Crippen molar-refractivity contribution in [3.8, 4) is 34.5 Å². The summed E-state index contributed by atoms with van der Waals surface area (Å²) >= 11 is 0. The van der Waals surface area contributed by atoms with Crippen molar-refractivity contribution in [3.63, 3.8) is 0 Å². The van der Waals surface area contributed by atoms with Gasteiger partial charge in [0.2, 0.25) is 0 Å². The van der Waals surface area contributed by atoms with Gasteiger partial charge < -0.3 is 5.73 Å². The van der Waals surface area contributed by atoms with Gasteiger partial charge in [-0.25, -0.2) is 4.98 Å². The van der Waals surface area contributed by atoms with Gasteiger partial charge in [0.15, 0.2) is 0 Å². The summed E-state index contributed by atoms with van der Waals surface area (Å²) in [5, 5.41) is 18.5. The Morgan fingerprint density at radius 2 is 1.56 bits per heavy atom. The highest BCUT2D eigenvalue weighted by atomic mass is 14.8. The van der Waals surface area contributed by atoms with Gasteiger partial charge >= 0.3 is 0 Å². The minimum absolute atomic E-state index is 0.209. The zero-order chi connectivity index (χ0) is 19.4. The van der Waals surface area contributed by atoms with E-state index in [4.69, 9.17) is 11.0 Å². The molecule has 0 radical (unpaired) electrons. The topological polar surface area (TPSA) is 86.5 Å². The number of benzene rings is 2. The lowest BCUT2D eigenvalue weighted by Crippen LogP contribution is -2.00. The van der Waals surface area contributed by atoms with Crippen LogP contribution in [0.2, 0.25) is 0 Å². The molecule has 0 amide bonds. The van der Waals surface area contributed by atoms with Crippen LogP contribution in [0.15, 0.2) is 54.6 Å².